The predicted octanol–water partition coefficient (Wildman–Crippen LogP) is 3.53. The largest absolute Gasteiger partial charge is 0.485 e. The molecule has 0 aliphatic heterocycles. The lowest BCUT2D eigenvalue weighted by Crippen LogP contribution is -2.12. The molecule has 4 heteroatoms. The molecule has 2 nitrogen and oxygen atoms in total. The molecule has 0 aliphatic rings. The van der Waals surface area contributed by atoms with Gasteiger partial charge >= 0.3 is 0 Å². The van der Waals surface area contributed by atoms with Crippen LogP contribution in [0.5, 0.6) is 5.75 Å². The minimum absolute atomic E-state index is 0.169. The summed E-state index contributed by atoms with van der Waals surface area (Å²) in [6, 6.07) is 9.31. The molecule has 0 saturated heterocycles. The zero-order chi connectivity index (χ0) is 13.8. The third kappa shape index (κ3) is 3.37. The van der Waals surface area contributed by atoms with E-state index in [-0.39, 0.29) is 18.2 Å². The molecule has 0 radical (unpaired) electrons. The molecule has 0 unspecified atom stereocenters. The van der Waals surface area contributed by atoms with Gasteiger partial charge in [0.2, 0.25) is 0 Å². The molecular weight excluding hydrogens is 250 g/mol. The van der Waals surface area contributed by atoms with E-state index in [1.54, 1.807) is 6.92 Å². The molecule has 0 fully saturated rings. The van der Waals surface area contributed by atoms with E-state index in [0.29, 0.717) is 16.9 Å². The van der Waals surface area contributed by atoms with Crippen LogP contribution >= 0.6 is 0 Å². The van der Waals surface area contributed by atoms with E-state index in [9.17, 15) is 13.6 Å². The van der Waals surface area contributed by atoms with Crippen LogP contribution in [0.1, 0.15) is 15.9 Å². The quantitative estimate of drug-likeness (QED) is 0.788. The molecule has 0 amide bonds. The van der Waals surface area contributed by atoms with Crippen LogP contribution in [0.3, 0.4) is 0 Å². The maximum absolute atomic E-state index is 12.9. The molecule has 0 aromatic heterocycles. The number of carbonyl (C=O) groups excluding carboxylic acids is 1. The van der Waals surface area contributed by atoms with E-state index in [1.807, 2.05) is 0 Å². The van der Waals surface area contributed by atoms with Crippen LogP contribution in [0.4, 0.5) is 8.78 Å². The van der Waals surface area contributed by atoms with Crippen molar-refractivity contribution in [1.29, 1.82) is 0 Å². The Kier molecular flexibility index (Phi) is 3.90. The molecule has 2 rings (SSSR count). The predicted molar refractivity (Wildman–Crippen MR) is 67.4 cm³/mol. The number of halogens is 2. The van der Waals surface area contributed by atoms with Crippen molar-refractivity contribution in [3.63, 3.8) is 0 Å². The van der Waals surface area contributed by atoms with Crippen molar-refractivity contribution in [1.82, 2.24) is 0 Å². The first-order valence-corrected chi connectivity index (χ1v) is 5.74. The van der Waals surface area contributed by atoms with Crippen molar-refractivity contribution in [2.24, 2.45) is 0 Å². The van der Waals surface area contributed by atoms with Crippen LogP contribution in [0, 0.1) is 18.6 Å². The maximum Gasteiger partial charge on any atom is 0.200 e. The van der Waals surface area contributed by atoms with Crippen molar-refractivity contribution < 1.29 is 18.3 Å². The number of aryl methyl sites for hydroxylation is 1. The van der Waals surface area contributed by atoms with Crippen LogP contribution in [0.2, 0.25) is 0 Å². The molecule has 0 aliphatic carbocycles. The fraction of sp³-hybridized carbons (Fsp3) is 0.133. The first-order chi connectivity index (χ1) is 9.06. The number of benzene rings is 2. The molecule has 0 atom stereocenters. The highest BCUT2D eigenvalue weighted by Gasteiger charge is 2.08. The van der Waals surface area contributed by atoms with E-state index < -0.39 is 5.82 Å². The lowest BCUT2D eigenvalue weighted by atomic mass is 10.1. The summed E-state index contributed by atoms with van der Waals surface area (Å²) in [5.41, 5.74) is 0.994. The fourth-order valence-electron chi connectivity index (χ4n) is 1.64. The average Bonchev–Trinajstić information content (AvgIpc) is 2.38. The second-order valence-corrected chi connectivity index (χ2v) is 4.13. The first-order valence-electron chi connectivity index (χ1n) is 5.74. The highest BCUT2D eigenvalue weighted by atomic mass is 19.1. The summed E-state index contributed by atoms with van der Waals surface area (Å²) in [6.45, 7) is 1.53. The van der Waals surface area contributed by atoms with Gasteiger partial charge < -0.3 is 4.74 Å². The van der Waals surface area contributed by atoms with Gasteiger partial charge in [0.1, 0.15) is 17.4 Å². The molecule has 98 valence electrons. The number of hydrogen-bond donors (Lipinski definition) is 0. The Morgan fingerprint density at radius 2 is 1.68 bits per heavy atom. The van der Waals surface area contributed by atoms with Crippen molar-refractivity contribution in [3.05, 3.63) is 65.2 Å². The standard InChI is InChI=1S/C15H12F2O2/c1-10-8-13(17)6-7-15(10)19-9-14(18)11-2-4-12(16)5-3-11/h2-8H,9H2,1H3. The molecule has 0 spiro atoms. The molecule has 0 saturated carbocycles. The number of ether oxygens (including phenoxy) is 1. The number of hydrogen-bond acceptors (Lipinski definition) is 2. The van der Waals surface area contributed by atoms with Crippen LogP contribution in [-0.2, 0) is 0 Å². The third-order valence-electron chi connectivity index (χ3n) is 2.66. The van der Waals surface area contributed by atoms with Crippen LogP contribution in [0.15, 0.2) is 42.5 Å². The molecule has 19 heavy (non-hydrogen) atoms. The van der Waals surface area contributed by atoms with Crippen LogP contribution < -0.4 is 4.74 Å². The number of Topliss-reactive ketones (excluding diaryl/α,β-unsaturated/α-hetero) is 1. The van der Waals surface area contributed by atoms with Gasteiger partial charge in [-0.1, -0.05) is 0 Å². The highest BCUT2D eigenvalue weighted by molar-refractivity contribution is 5.97. The summed E-state index contributed by atoms with van der Waals surface area (Å²) >= 11 is 0. The van der Waals surface area contributed by atoms with E-state index >= 15 is 0 Å². The highest BCUT2D eigenvalue weighted by Crippen LogP contribution is 2.18. The second-order valence-electron chi connectivity index (χ2n) is 4.13. The zero-order valence-corrected chi connectivity index (χ0v) is 10.3. The SMILES string of the molecule is Cc1cc(F)ccc1OCC(=O)c1ccc(F)cc1. The van der Waals surface area contributed by atoms with Gasteiger partial charge in [0.25, 0.3) is 0 Å². The van der Waals surface area contributed by atoms with E-state index in [0.717, 1.165) is 0 Å². The summed E-state index contributed by atoms with van der Waals surface area (Å²) in [5.74, 6) is -0.554. The number of carbonyl (C=O) groups is 1. The van der Waals surface area contributed by atoms with Gasteiger partial charge in [0.15, 0.2) is 12.4 Å². The molecule has 2 aromatic carbocycles. The lowest BCUT2D eigenvalue weighted by molar-refractivity contribution is 0.0921. The van der Waals surface area contributed by atoms with Gasteiger partial charge in [-0.3, -0.25) is 4.79 Å². The average molecular weight is 262 g/mol. The van der Waals surface area contributed by atoms with Crippen molar-refractivity contribution in [3.8, 4) is 5.75 Å². The Morgan fingerprint density at radius 1 is 1.05 bits per heavy atom. The van der Waals surface area contributed by atoms with Crippen molar-refractivity contribution in [2.75, 3.05) is 6.61 Å². The normalized spacial score (nSPS) is 10.3. The van der Waals surface area contributed by atoms with Crippen LogP contribution in [0.25, 0.3) is 0 Å². The smallest absolute Gasteiger partial charge is 0.200 e. The van der Waals surface area contributed by atoms with E-state index in [1.165, 1.54) is 42.5 Å². The monoisotopic (exact) mass is 262 g/mol. The van der Waals surface area contributed by atoms with Gasteiger partial charge in [-0.25, -0.2) is 8.78 Å². The fourth-order valence-corrected chi connectivity index (χ4v) is 1.64. The minimum atomic E-state index is -0.396. The minimum Gasteiger partial charge on any atom is -0.485 e. The Balaban J connectivity index is 2.02. The second kappa shape index (κ2) is 5.61. The Morgan fingerprint density at radius 3 is 2.32 bits per heavy atom. The zero-order valence-electron chi connectivity index (χ0n) is 10.3. The number of ketones is 1. The van der Waals surface area contributed by atoms with Gasteiger partial charge in [-0.2, -0.15) is 0 Å². The third-order valence-corrected chi connectivity index (χ3v) is 2.66. The molecular formula is C15H12F2O2. The maximum atomic E-state index is 12.9. The van der Waals surface area contributed by atoms with E-state index in [2.05, 4.69) is 0 Å². The van der Waals surface area contributed by atoms with Gasteiger partial charge in [-0.05, 0) is 55.0 Å². The lowest BCUT2D eigenvalue weighted by Gasteiger charge is -2.08. The Hall–Kier alpha value is -2.23. The summed E-state index contributed by atoms with van der Waals surface area (Å²) in [6.07, 6.45) is 0. The number of rotatable bonds is 4. The van der Waals surface area contributed by atoms with Gasteiger partial charge in [0, 0.05) is 5.56 Å². The molecule has 0 bridgehead atoms. The molecule has 2 aromatic rings. The Bertz CT molecular complexity index is 592. The first kappa shape index (κ1) is 13.2. The Labute approximate surface area is 109 Å². The van der Waals surface area contributed by atoms with Crippen molar-refractivity contribution in [2.45, 2.75) is 6.92 Å². The topological polar surface area (TPSA) is 26.3 Å². The summed E-state index contributed by atoms with van der Waals surface area (Å²) in [4.78, 5) is 11.8. The van der Waals surface area contributed by atoms with Crippen LogP contribution in [-0.4, -0.2) is 12.4 Å². The molecule has 0 N–H and O–H groups in total. The summed E-state index contributed by atoms with van der Waals surface area (Å²) in [7, 11) is 0. The van der Waals surface area contributed by atoms with E-state index in [4.69, 9.17) is 4.74 Å². The van der Waals surface area contributed by atoms with Gasteiger partial charge in [0.05, 0.1) is 0 Å². The summed E-state index contributed by atoms with van der Waals surface area (Å²) < 4.78 is 30.9. The summed E-state index contributed by atoms with van der Waals surface area (Å²) in [5, 5.41) is 0. The van der Waals surface area contributed by atoms with Crippen molar-refractivity contribution >= 4 is 5.78 Å². The van der Waals surface area contributed by atoms with Gasteiger partial charge in [-0.15, -0.1) is 0 Å². The molecule has 0 heterocycles.